The lowest BCUT2D eigenvalue weighted by atomic mass is 10.2. The molecule has 2 aromatic carbocycles. The van der Waals surface area contributed by atoms with Gasteiger partial charge in [-0.05, 0) is 50.6 Å². The van der Waals surface area contributed by atoms with E-state index >= 15 is 0 Å². The van der Waals surface area contributed by atoms with Crippen LogP contribution in [-0.2, 0) is 28.6 Å². The van der Waals surface area contributed by atoms with Crippen molar-refractivity contribution in [3.63, 3.8) is 0 Å². The molecule has 0 aliphatic heterocycles. The van der Waals surface area contributed by atoms with E-state index in [1.807, 2.05) is 13.8 Å². The van der Waals surface area contributed by atoms with Crippen LogP contribution in [0.3, 0.4) is 0 Å². The van der Waals surface area contributed by atoms with E-state index in [0.29, 0.717) is 5.57 Å². The summed E-state index contributed by atoms with van der Waals surface area (Å²) in [6, 6.07) is 12.6. The van der Waals surface area contributed by atoms with Crippen LogP contribution in [0.25, 0.3) is 0 Å². The van der Waals surface area contributed by atoms with Crippen LogP contribution in [0.1, 0.15) is 18.1 Å². The Labute approximate surface area is 160 Å². The van der Waals surface area contributed by atoms with Crippen molar-refractivity contribution in [2.45, 2.75) is 30.6 Å². The molecule has 146 valence electrons. The van der Waals surface area contributed by atoms with Gasteiger partial charge in [-0.25, -0.2) is 0 Å². The van der Waals surface area contributed by atoms with E-state index in [1.165, 1.54) is 30.3 Å². The quantitative estimate of drug-likeness (QED) is 0.490. The van der Waals surface area contributed by atoms with E-state index in [0.717, 1.165) is 11.1 Å². The molecule has 0 heterocycles. The van der Waals surface area contributed by atoms with Crippen LogP contribution < -0.4 is 0 Å². The number of hydrogen-bond donors (Lipinski definition) is 0. The molecule has 27 heavy (non-hydrogen) atoms. The molecule has 0 unspecified atom stereocenters. The molecule has 0 bridgehead atoms. The summed E-state index contributed by atoms with van der Waals surface area (Å²) < 4.78 is 58.3. The number of aryl methyl sites for hydroxylation is 2. The van der Waals surface area contributed by atoms with E-state index in [1.54, 1.807) is 31.2 Å². The maximum Gasteiger partial charge on any atom is 0.297 e. The zero-order valence-corrected chi connectivity index (χ0v) is 17.0. The Morgan fingerprint density at radius 2 is 1.19 bits per heavy atom. The predicted molar refractivity (Wildman–Crippen MR) is 102 cm³/mol. The molecule has 0 saturated carbocycles. The first kappa shape index (κ1) is 21.3. The molecule has 0 aliphatic carbocycles. The SMILES string of the molecule is C/C(=C\COS(=O)(=O)c1ccc(C)cc1)COS(=O)(=O)c1ccc(C)cc1. The molecule has 0 aromatic heterocycles. The van der Waals surface area contributed by atoms with Gasteiger partial charge in [-0.2, -0.15) is 16.8 Å². The monoisotopic (exact) mass is 410 g/mol. The second-order valence-corrected chi connectivity index (χ2v) is 9.36. The minimum Gasteiger partial charge on any atom is -0.262 e. The summed E-state index contributed by atoms with van der Waals surface area (Å²) in [4.78, 5) is 0.136. The van der Waals surface area contributed by atoms with Crippen molar-refractivity contribution in [2.24, 2.45) is 0 Å². The molecule has 8 heteroatoms. The first-order valence-corrected chi connectivity index (χ1v) is 11.0. The molecule has 0 radical (unpaired) electrons. The molecule has 0 saturated heterocycles. The number of rotatable bonds is 8. The lowest BCUT2D eigenvalue weighted by molar-refractivity contribution is 0.338. The average molecular weight is 411 g/mol. The Bertz CT molecular complexity index is 1000. The number of benzene rings is 2. The molecule has 0 atom stereocenters. The van der Waals surface area contributed by atoms with Crippen molar-refractivity contribution in [1.82, 2.24) is 0 Å². The molecule has 2 rings (SSSR count). The van der Waals surface area contributed by atoms with Crippen LogP contribution in [0.4, 0.5) is 0 Å². The van der Waals surface area contributed by atoms with Crippen molar-refractivity contribution < 1.29 is 25.2 Å². The molecule has 0 N–H and O–H groups in total. The standard InChI is InChI=1S/C19H22O6S2/c1-15-4-8-18(9-5-15)26(20,21)24-13-12-17(3)14-25-27(22,23)19-10-6-16(2)7-11-19/h4-12H,13-14H2,1-3H3/b17-12+. The van der Waals surface area contributed by atoms with Crippen LogP contribution >= 0.6 is 0 Å². The van der Waals surface area contributed by atoms with Gasteiger partial charge in [0.1, 0.15) is 0 Å². The minimum absolute atomic E-state index is 0.0670. The fourth-order valence-corrected chi connectivity index (χ4v) is 3.84. The molecule has 0 aliphatic rings. The van der Waals surface area contributed by atoms with Gasteiger partial charge in [0.15, 0.2) is 0 Å². The molecule has 2 aromatic rings. The Hall–Kier alpha value is -2.00. The summed E-state index contributed by atoms with van der Waals surface area (Å²) in [6.07, 6.45) is 1.47. The lowest BCUT2D eigenvalue weighted by Gasteiger charge is -2.07. The van der Waals surface area contributed by atoms with Gasteiger partial charge >= 0.3 is 0 Å². The Morgan fingerprint density at radius 3 is 1.63 bits per heavy atom. The van der Waals surface area contributed by atoms with Crippen molar-refractivity contribution in [1.29, 1.82) is 0 Å². The third-order valence-electron chi connectivity index (χ3n) is 3.72. The zero-order chi connectivity index (χ0) is 20.1. The molecular weight excluding hydrogens is 388 g/mol. The van der Waals surface area contributed by atoms with Crippen LogP contribution in [0.2, 0.25) is 0 Å². The highest BCUT2D eigenvalue weighted by Crippen LogP contribution is 2.15. The number of hydrogen-bond acceptors (Lipinski definition) is 6. The predicted octanol–water partition coefficient (Wildman–Crippen LogP) is 3.36. The highest BCUT2D eigenvalue weighted by Gasteiger charge is 2.16. The van der Waals surface area contributed by atoms with Gasteiger partial charge in [-0.1, -0.05) is 41.5 Å². The summed E-state index contributed by atoms with van der Waals surface area (Å²) in [5.41, 5.74) is 2.42. The van der Waals surface area contributed by atoms with Crippen molar-refractivity contribution in [2.75, 3.05) is 13.2 Å². The summed E-state index contributed by atoms with van der Waals surface area (Å²) in [7, 11) is -7.74. The van der Waals surface area contributed by atoms with Gasteiger partial charge in [-0.15, -0.1) is 0 Å². The van der Waals surface area contributed by atoms with Crippen molar-refractivity contribution in [3.05, 3.63) is 71.3 Å². The molecule has 6 nitrogen and oxygen atoms in total. The highest BCUT2D eigenvalue weighted by atomic mass is 32.2. The van der Waals surface area contributed by atoms with E-state index in [9.17, 15) is 16.8 Å². The van der Waals surface area contributed by atoms with E-state index in [2.05, 4.69) is 0 Å². The van der Waals surface area contributed by atoms with Gasteiger partial charge in [0.25, 0.3) is 20.2 Å². The molecular formula is C19H22O6S2. The third kappa shape index (κ3) is 6.28. The third-order valence-corrected chi connectivity index (χ3v) is 6.29. The van der Waals surface area contributed by atoms with E-state index in [4.69, 9.17) is 8.37 Å². The largest absolute Gasteiger partial charge is 0.297 e. The summed E-state index contributed by atoms with van der Waals surface area (Å²) in [5.74, 6) is 0. The van der Waals surface area contributed by atoms with Gasteiger partial charge < -0.3 is 0 Å². The minimum atomic E-state index is -3.87. The second-order valence-electron chi connectivity index (χ2n) is 6.13. The topological polar surface area (TPSA) is 86.7 Å². The average Bonchev–Trinajstić information content (AvgIpc) is 2.61. The first-order valence-electron chi connectivity index (χ1n) is 8.18. The molecule has 0 spiro atoms. The van der Waals surface area contributed by atoms with Crippen LogP contribution in [0.5, 0.6) is 0 Å². The maximum absolute atomic E-state index is 12.1. The summed E-state index contributed by atoms with van der Waals surface area (Å²) in [5, 5.41) is 0. The molecule has 0 amide bonds. The van der Waals surface area contributed by atoms with Crippen LogP contribution in [0.15, 0.2) is 70.0 Å². The fourth-order valence-electron chi connectivity index (χ4n) is 2.04. The zero-order valence-electron chi connectivity index (χ0n) is 15.4. The van der Waals surface area contributed by atoms with Gasteiger partial charge in [0, 0.05) is 0 Å². The summed E-state index contributed by atoms with van der Waals surface area (Å²) >= 11 is 0. The van der Waals surface area contributed by atoms with Crippen molar-refractivity contribution in [3.8, 4) is 0 Å². The second kappa shape index (κ2) is 8.79. The van der Waals surface area contributed by atoms with Crippen LogP contribution in [-0.4, -0.2) is 30.0 Å². The highest BCUT2D eigenvalue weighted by molar-refractivity contribution is 7.87. The Morgan fingerprint density at radius 1 is 0.778 bits per heavy atom. The Balaban J connectivity index is 1.92. The molecule has 0 fully saturated rings. The lowest BCUT2D eigenvalue weighted by Crippen LogP contribution is -2.10. The van der Waals surface area contributed by atoms with E-state index in [-0.39, 0.29) is 23.0 Å². The van der Waals surface area contributed by atoms with Gasteiger partial charge in [0.05, 0.1) is 23.0 Å². The summed E-state index contributed by atoms with van der Waals surface area (Å²) in [6.45, 7) is 4.94. The maximum atomic E-state index is 12.1. The Kier molecular flexibility index (Phi) is 6.94. The van der Waals surface area contributed by atoms with E-state index < -0.39 is 20.2 Å². The fraction of sp³-hybridized carbons (Fsp3) is 0.263. The first-order chi connectivity index (χ1) is 12.6. The van der Waals surface area contributed by atoms with Crippen molar-refractivity contribution >= 4 is 20.2 Å². The van der Waals surface area contributed by atoms with Gasteiger partial charge in [0.2, 0.25) is 0 Å². The van der Waals surface area contributed by atoms with Gasteiger partial charge in [-0.3, -0.25) is 8.37 Å². The smallest absolute Gasteiger partial charge is 0.262 e. The normalized spacial score (nSPS) is 12.9. The van der Waals surface area contributed by atoms with Crippen LogP contribution in [0, 0.1) is 13.8 Å².